The molecular weight excluding hydrogens is 444 g/mol. The molecule has 1 saturated heterocycles. The number of fused-ring (bicyclic) bond motifs is 1. The summed E-state index contributed by atoms with van der Waals surface area (Å²) in [7, 11) is -2.12. The van der Waals surface area contributed by atoms with Crippen molar-refractivity contribution in [3.05, 3.63) is 46.3 Å². The number of carbonyl (C=O) groups is 1. The molecule has 7 nitrogen and oxygen atoms in total. The predicted octanol–water partition coefficient (Wildman–Crippen LogP) is 3.73. The number of methoxy groups -OCH3 is 1. The van der Waals surface area contributed by atoms with Crippen LogP contribution in [0, 0.1) is 0 Å². The van der Waals surface area contributed by atoms with Gasteiger partial charge in [-0.3, -0.25) is 4.79 Å². The Hall–Kier alpha value is -2.01. The summed E-state index contributed by atoms with van der Waals surface area (Å²) in [6.07, 6.45) is 0. The lowest BCUT2D eigenvalue weighted by molar-refractivity contribution is 0.0936. The van der Waals surface area contributed by atoms with E-state index < -0.39 is 22.0 Å². The number of hydrogen-bond acceptors (Lipinski definition) is 7. The van der Waals surface area contributed by atoms with Gasteiger partial charge in [-0.2, -0.15) is 16.1 Å². The zero-order valence-corrected chi connectivity index (χ0v) is 19.0. The maximum atomic E-state index is 13.0. The quantitative estimate of drug-likeness (QED) is 0.596. The minimum absolute atomic E-state index is 0.0652. The van der Waals surface area contributed by atoms with Crippen molar-refractivity contribution in [3.8, 4) is 5.75 Å². The topological polar surface area (TPSA) is 88.8 Å². The Bertz CT molecular complexity index is 1160. The number of benzene rings is 1. The predicted molar refractivity (Wildman–Crippen MR) is 119 cm³/mol. The Morgan fingerprint density at radius 1 is 1.27 bits per heavy atom. The molecule has 1 amide bonds. The number of para-hydroxylation sites is 1. The molecule has 160 valence electrons. The number of amides is 1. The molecule has 4 rings (SSSR count). The molecule has 30 heavy (non-hydrogen) atoms. The first-order chi connectivity index (χ1) is 14.4. The third-order valence-corrected chi connectivity index (χ3v) is 8.87. The summed E-state index contributed by atoms with van der Waals surface area (Å²) < 4.78 is 38.7. The molecule has 0 radical (unpaired) electrons. The normalized spacial score (nSPS) is 16.5. The molecule has 1 unspecified atom stereocenters. The van der Waals surface area contributed by atoms with Crippen molar-refractivity contribution in [2.75, 3.05) is 31.7 Å². The molecule has 3 aromatic rings. The van der Waals surface area contributed by atoms with Crippen LogP contribution in [0.3, 0.4) is 0 Å². The number of thiophene rings is 1. The maximum Gasteiger partial charge on any atom is 0.263 e. The fourth-order valence-corrected chi connectivity index (χ4v) is 7.24. The molecule has 0 aliphatic carbocycles. The van der Waals surface area contributed by atoms with E-state index in [4.69, 9.17) is 9.15 Å². The Labute approximate surface area is 183 Å². The Morgan fingerprint density at radius 2 is 2.03 bits per heavy atom. The van der Waals surface area contributed by atoms with E-state index in [1.807, 2.05) is 18.2 Å². The third kappa shape index (κ3) is 3.96. The molecule has 10 heteroatoms. The number of sulfonamides is 1. The van der Waals surface area contributed by atoms with Crippen LogP contribution in [0.5, 0.6) is 5.75 Å². The zero-order valence-electron chi connectivity index (χ0n) is 16.6. The van der Waals surface area contributed by atoms with Crippen LogP contribution < -0.4 is 10.1 Å². The van der Waals surface area contributed by atoms with Gasteiger partial charge >= 0.3 is 0 Å². The number of nitrogens with one attached hydrogen (secondary N) is 1. The second-order valence-electron chi connectivity index (χ2n) is 6.85. The van der Waals surface area contributed by atoms with Gasteiger partial charge in [-0.15, -0.1) is 11.3 Å². The molecule has 3 heterocycles. The molecule has 0 bridgehead atoms. The van der Waals surface area contributed by atoms with Crippen molar-refractivity contribution in [2.24, 2.45) is 0 Å². The lowest BCUT2D eigenvalue weighted by Crippen LogP contribution is -2.38. The first-order valence-corrected chi connectivity index (χ1v) is 12.9. The Kier molecular flexibility index (Phi) is 6.10. The molecule has 1 aliphatic rings. The Balaban J connectivity index is 1.56. The summed E-state index contributed by atoms with van der Waals surface area (Å²) in [6, 6.07) is 8.49. The van der Waals surface area contributed by atoms with E-state index in [0.717, 1.165) is 28.2 Å². The van der Waals surface area contributed by atoms with Gasteiger partial charge in [-0.05, 0) is 30.5 Å². The van der Waals surface area contributed by atoms with E-state index in [0.29, 0.717) is 30.2 Å². The summed E-state index contributed by atoms with van der Waals surface area (Å²) in [5.74, 6) is 2.27. The minimum Gasteiger partial charge on any atom is -0.493 e. The van der Waals surface area contributed by atoms with Gasteiger partial charge in [0.15, 0.2) is 11.3 Å². The summed E-state index contributed by atoms with van der Waals surface area (Å²) in [6.45, 7) is 2.72. The third-order valence-electron chi connectivity index (χ3n) is 4.94. The average Bonchev–Trinajstić information content (AvgIpc) is 3.41. The van der Waals surface area contributed by atoms with E-state index in [9.17, 15) is 13.2 Å². The van der Waals surface area contributed by atoms with Crippen molar-refractivity contribution in [1.29, 1.82) is 0 Å². The summed E-state index contributed by atoms with van der Waals surface area (Å²) >= 11 is 2.85. The van der Waals surface area contributed by atoms with E-state index in [2.05, 4.69) is 5.32 Å². The fraction of sp³-hybridized carbons (Fsp3) is 0.350. The highest BCUT2D eigenvalue weighted by Gasteiger charge is 2.31. The number of ether oxygens (including phenoxy) is 1. The van der Waals surface area contributed by atoms with E-state index in [1.165, 1.54) is 10.4 Å². The van der Waals surface area contributed by atoms with E-state index in [-0.39, 0.29) is 9.77 Å². The summed E-state index contributed by atoms with van der Waals surface area (Å²) in [5, 5.41) is 5.37. The van der Waals surface area contributed by atoms with Crippen LogP contribution in [0.4, 0.5) is 0 Å². The molecule has 1 fully saturated rings. The molecule has 1 aliphatic heterocycles. The van der Waals surface area contributed by atoms with Gasteiger partial charge in [0.2, 0.25) is 10.0 Å². The minimum atomic E-state index is -3.69. The first-order valence-electron chi connectivity index (χ1n) is 9.44. The highest BCUT2D eigenvalue weighted by Crippen LogP contribution is 2.32. The highest BCUT2D eigenvalue weighted by atomic mass is 32.2. The standard InChI is InChI=1S/C20H22N2O5S3/c1-13(16-12-14-4-3-5-15(26-2)18(14)27-16)21-20(23)19-17(6-9-29-19)30(24,25)22-7-10-28-11-8-22/h3-6,9,12-13H,7-8,10-11H2,1-2H3,(H,21,23). The largest absolute Gasteiger partial charge is 0.493 e. The number of thioether (sulfide) groups is 1. The molecule has 0 spiro atoms. The highest BCUT2D eigenvalue weighted by molar-refractivity contribution is 7.99. The van der Waals surface area contributed by atoms with Crippen molar-refractivity contribution in [1.82, 2.24) is 9.62 Å². The lowest BCUT2D eigenvalue weighted by atomic mass is 10.2. The van der Waals surface area contributed by atoms with Crippen molar-refractivity contribution < 1.29 is 22.4 Å². The van der Waals surface area contributed by atoms with Crippen LogP contribution in [-0.2, 0) is 10.0 Å². The number of rotatable bonds is 6. The smallest absolute Gasteiger partial charge is 0.263 e. The molecule has 2 aromatic heterocycles. The van der Waals surface area contributed by atoms with Gasteiger partial charge < -0.3 is 14.5 Å². The first kappa shape index (κ1) is 21.2. The number of nitrogens with zero attached hydrogens (tertiary/aromatic N) is 1. The van der Waals surface area contributed by atoms with Crippen molar-refractivity contribution in [3.63, 3.8) is 0 Å². The monoisotopic (exact) mass is 466 g/mol. The number of furan rings is 1. The lowest BCUT2D eigenvalue weighted by Gasteiger charge is -2.25. The zero-order chi connectivity index (χ0) is 21.3. The van der Waals surface area contributed by atoms with E-state index in [1.54, 1.807) is 37.2 Å². The second-order valence-corrected chi connectivity index (χ2v) is 10.9. The van der Waals surface area contributed by atoms with Crippen LogP contribution in [0.2, 0.25) is 0 Å². The van der Waals surface area contributed by atoms with Crippen LogP contribution in [0.25, 0.3) is 11.0 Å². The van der Waals surface area contributed by atoms with Crippen molar-refractivity contribution >= 4 is 50.0 Å². The summed E-state index contributed by atoms with van der Waals surface area (Å²) in [5.41, 5.74) is 0.610. The SMILES string of the molecule is COc1cccc2cc(C(C)NC(=O)c3sccc3S(=O)(=O)N3CCSCC3)oc12. The van der Waals surface area contributed by atoms with Crippen molar-refractivity contribution in [2.45, 2.75) is 17.9 Å². The summed E-state index contributed by atoms with van der Waals surface area (Å²) in [4.78, 5) is 13.2. The van der Waals surface area contributed by atoms with Crippen LogP contribution >= 0.6 is 23.1 Å². The number of carbonyl (C=O) groups excluding carboxylic acids is 1. The molecule has 1 atom stereocenters. The second kappa shape index (κ2) is 8.62. The average molecular weight is 467 g/mol. The van der Waals surface area contributed by atoms with Crippen LogP contribution in [-0.4, -0.2) is 50.3 Å². The molecular formula is C20H22N2O5S3. The molecule has 1 aromatic carbocycles. The molecule has 1 N–H and O–H groups in total. The van der Waals surface area contributed by atoms with Gasteiger partial charge in [-0.25, -0.2) is 8.42 Å². The van der Waals surface area contributed by atoms with Crippen LogP contribution in [0.1, 0.15) is 28.4 Å². The van der Waals surface area contributed by atoms with Gasteiger partial charge in [0.25, 0.3) is 5.91 Å². The number of hydrogen-bond donors (Lipinski definition) is 1. The van der Waals surface area contributed by atoms with Crippen LogP contribution in [0.15, 0.2) is 45.0 Å². The van der Waals surface area contributed by atoms with Gasteiger partial charge in [0, 0.05) is 30.0 Å². The van der Waals surface area contributed by atoms with E-state index >= 15 is 0 Å². The maximum absolute atomic E-state index is 13.0. The Morgan fingerprint density at radius 3 is 2.77 bits per heavy atom. The van der Waals surface area contributed by atoms with Gasteiger partial charge in [0.05, 0.1) is 13.2 Å². The fourth-order valence-electron chi connectivity index (χ4n) is 3.36. The van der Waals surface area contributed by atoms with Gasteiger partial charge in [-0.1, -0.05) is 12.1 Å². The molecule has 0 saturated carbocycles. The van der Waals surface area contributed by atoms with Gasteiger partial charge in [0.1, 0.15) is 15.5 Å².